The molecule has 0 saturated carbocycles. The second kappa shape index (κ2) is 10.6. The van der Waals surface area contributed by atoms with Crippen LogP contribution in [-0.4, -0.2) is 47.6 Å². The van der Waals surface area contributed by atoms with Crippen LogP contribution in [-0.2, 0) is 16.0 Å². The molecule has 2 aliphatic heterocycles. The van der Waals surface area contributed by atoms with Crippen LogP contribution in [0.5, 0.6) is 5.75 Å². The lowest BCUT2D eigenvalue weighted by molar-refractivity contribution is -0.134. The third-order valence-electron chi connectivity index (χ3n) is 7.31. The molecular weight excluding hydrogens is 435 g/mol. The SMILES string of the molecule is COc1ccc(F)c(C[C@@]2(CCC(=O)N3CCC([C@H](O)c4ccccc4)CC3)CCC(=O)N2)c1. The van der Waals surface area contributed by atoms with Crippen molar-refractivity contribution in [1.29, 1.82) is 0 Å². The Morgan fingerprint density at radius 3 is 2.62 bits per heavy atom. The fourth-order valence-corrected chi connectivity index (χ4v) is 5.25. The molecule has 2 atom stereocenters. The maximum atomic E-state index is 14.5. The molecule has 2 aliphatic rings. The number of methoxy groups -OCH3 is 1. The Morgan fingerprint density at radius 2 is 1.97 bits per heavy atom. The lowest BCUT2D eigenvalue weighted by Gasteiger charge is -2.35. The van der Waals surface area contributed by atoms with Crippen LogP contribution in [0.2, 0.25) is 0 Å². The predicted octanol–water partition coefficient (Wildman–Crippen LogP) is 3.78. The number of halogens is 1. The number of benzene rings is 2. The average molecular weight is 469 g/mol. The third kappa shape index (κ3) is 5.58. The number of carbonyl (C=O) groups excluding carboxylic acids is 2. The van der Waals surface area contributed by atoms with Crippen molar-refractivity contribution in [3.05, 3.63) is 65.5 Å². The van der Waals surface area contributed by atoms with Gasteiger partial charge in [0.05, 0.1) is 13.2 Å². The maximum Gasteiger partial charge on any atom is 0.222 e. The molecule has 34 heavy (non-hydrogen) atoms. The number of nitrogens with one attached hydrogen (secondary N) is 1. The van der Waals surface area contributed by atoms with E-state index in [1.54, 1.807) is 12.1 Å². The molecule has 0 unspecified atom stereocenters. The van der Waals surface area contributed by atoms with Crippen molar-refractivity contribution in [3.8, 4) is 5.75 Å². The zero-order valence-corrected chi connectivity index (χ0v) is 19.6. The van der Waals surface area contributed by atoms with Gasteiger partial charge in [-0.05, 0) is 67.3 Å². The van der Waals surface area contributed by atoms with E-state index in [0.29, 0.717) is 50.1 Å². The highest BCUT2D eigenvalue weighted by Gasteiger charge is 2.39. The molecular formula is C27H33FN2O4. The number of nitrogens with zero attached hydrogens (tertiary/aromatic N) is 1. The molecule has 2 heterocycles. The molecule has 2 N–H and O–H groups in total. The number of carbonyl (C=O) groups is 2. The molecule has 0 spiro atoms. The summed E-state index contributed by atoms with van der Waals surface area (Å²) in [7, 11) is 1.53. The molecule has 182 valence electrons. The number of likely N-dealkylation sites (tertiary alicyclic amines) is 1. The smallest absolute Gasteiger partial charge is 0.222 e. The van der Waals surface area contributed by atoms with Crippen molar-refractivity contribution >= 4 is 11.8 Å². The van der Waals surface area contributed by atoms with Gasteiger partial charge in [0, 0.05) is 31.5 Å². The molecule has 4 rings (SSSR count). The number of piperidine rings is 1. The van der Waals surface area contributed by atoms with E-state index in [-0.39, 0.29) is 30.0 Å². The topological polar surface area (TPSA) is 78.9 Å². The van der Waals surface area contributed by atoms with Crippen molar-refractivity contribution in [3.63, 3.8) is 0 Å². The molecule has 2 saturated heterocycles. The first-order valence-corrected chi connectivity index (χ1v) is 12.0. The van der Waals surface area contributed by atoms with Gasteiger partial charge in [-0.2, -0.15) is 0 Å². The van der Waals surface area contributed by atoms with Gasteiger partial charge in [-0.3, -0.25) is 9.59 Å². The van der Waals surface area contributed by atoms with Crippen molar-refractivity contribution in [2.24, 2.45) is 5.92 Å². The summed E-state index contributed by atoms with van der Waals surface area (Å²) < 4.78 is 19.7. The van der Waals surface area contributed by atoms with E-state index in [0.717, 1.165) is 18.4 Å². The van der Waals surface area contributed by atoms with Crippen LogP contribution >= 0.6 is 0 Å². The summed E-state index contributed by atoms with van der Waals surface area (Å²) in [5.41, 5.74) is 0.752. The highest BCUT2D eigenvalue weighted by molar-refractivity contribution is 5.80. The van der Waals surface area contributed by atoms with Crippen molar-refractivity contribution in [1.82, 2.24) is 10.2 Å². The van der Waals surface area contributed by atoms with Crippen molar-refractivity contribution < 1.29 is 23.8 Å². The van der Waals surface area contributed by atoms with Crippen LogP contribution < -0.4 is 10.1 Å². The first-order valence-electron chi connectivity index (χ1n) is 12.0. The number of hydrogen-bond acceptors (Lipinski definition) is 4. The molecule has 0 aromatic heterocycles. The highest BCUT2D eigenvalue weighted by atomic mass is 19.1. The number of aliphatic hydroxyl groups excluding tert-OH is 1. The monoisotopic (exact) mass is 468 g/mol. The summed E-state index contributed by atoms with van der Waals surface area (Å²) in [5, 5.41) is 13.7. The molecule has 0 aliphatic carbocycles. The molecule has 0 bridgehead atoms. The Labute approximate surface area is 200 Å². The van der Waals surface area contributed by atoms with Gasteiger partial charge >= 0.3 is 0 Å². The Hall–Kier alpha value is -2.93. The van der Waals surface area contributed by atoms with E-state index in [2.05, 4.69) is 5.32 Å². The van der Waals surface area contributed by atoms with Crippen molar-refractivity contribution in [2.45, 2.75) is 56.6 Å². The molecule has 7 heteroatoms. The zero-order chi connectivity index (χ0) is 24.1. The summed E-state index contributed by atoms with van der Waals surface area (Å²) in [4.78, 5) is 26.9. The van der Waals surface area contributed by atoms with Gasteiger partial charge in [0.2, 0.25) is 11.8 Å². The molecule has 2 amide bonds. The van der Waals surface area contributed by atoms with Crippen LogP contribution in [0.4, 0.5) is 4.39 Å². The minimum Gasteiger partial charge on any atom is -0.497 e. The minimum atomic E-state index is -0.637. The van der Waals surface area contributed by atoms with Gasteiger partial charge in [-0.15, -0.1) is 0 Å². The van der Waals surface area contributed by atoms with Crippen molar-refractivity contribution in [2.75, 3.05) is 20.2 Å². The maximum absolute atomic E-state index is 14.5. The van der Waals surface area contributed by atoms with Gasteiger partial charge in [0.1, 0.15) is 11.6 Å². The number of aliphatic hydroxyl groups is 1. The Kier molecular flexibility index (Phi) is 7.51. The van der Waals surface area contributed by atoms with Crippen LogP contribution in [0.25, 0.3) is 0 Å². The third-order valence-corrected chi connectivity index (χ3v) is 7.31. The normalized spacial score (nSPS) is 21.9. The lowest BCUT2D eigenvalue weighted by Crippen LogP contribution is -2.46. The standard InChI is InChI=1S/C27H33FN2O4/c1-34-22-7-8-23(28)21(17-22)18-27(13-9-24(31)29-27)14-10-25(32)30-15-11-20(12-16-30)26(33)19-5-3-2-4-6-19/h2-8,17,20,26,33H,9-16,18H2,1H3,(H,29,31)/t26-,27+/m1/s1. The summed E-state index contributed by atoms with van der Waals surface area (Å²) >= 11 is 0. The first kappa shape index (κ1) is 24.2. The predicted molar refractivity (Wildman–Crippen MR) is 127 cm³/mol. The van der Waals surface area contributed by atoms with Gasteiger partial charge in [0.25, 0.3) is 0 Å². The van der Waals surface area contributed by atoms with Gasteiger partial charge in [0.15, 0.2) is 0 Å². The Morgan fingerprint density at radius 1 is 1.24 bits per heavy atom. The molecule has 2 fully saturated rings. The van der Waals surface area contributed by atoms with Crippen LogP contribution in [0, 0.1) is 11.7 Å². The van der Waals surface area contributed by atoms with Gasteiger partial charge in [-0.1, -0.05) is 30.3 Å². The number of rotatable bonds is 8. The van der Waals surface area contributed by atoms with Gasteiger partial charge in [-0.25, -0.2) is 4.39 Å². The molecule has 0 radical (unpaired) electrons. The van der Waals surface area contributed by atoms with Crippen LogP contribution in [0.1, 0.15) is 55.8 Å². The van der Waals surface area contributed by atoms with E-state index in [4.69, 9.17) is 4.74 Å². The molecule has 2 aromatic carbocycles. The van der Waals surface area contributed by atoms with Crippen LogP contribution in [0.15, 0.2) is 48.5 Å². The average Bonchev–Trinajstić information content (AvgIpc) is 3.24. The lowest BCUT2D eigenvalue weighted by atomic mass is 9.84. The zero-order valence-electron chi connectivity index (χ0n) is 19.6. The van der Waals surface area contributed by atoms with E-state index < -0.39 is 11.6 Å². The summed E-state index contributed by atoms with van der Waals surface area (Å²) in [6.07, 6.45) is 2.99. The highest BCUT2D eigenvalue weighted by Crippen LogP contribution is 2.33. The summed E-state index contributed by atoms with van der Waals surface area (Å²) in [5.74, 6) is 0.327. The van der Waals surface area contributed by atoms with E-state index in [1.807, 2.05) is 35.2 Å². The Bertz CT molecular complexity index is 1010. The van der Waals surface area contributed by atoms with E-state index in [9.17, 15) is 19.1 Å². The number of amides is 2. The largest absolute Gasteiger partial charge is 0.497 e. The quantitative estimate of drug-likeness (QED) is 0.618. The summed E-state index contributed by atoms with van der Waals surface area (Å²) in [6, 6.07) is 14.2. The number of hydrogen-bond donors (Lipinski definition) is 2. The minimum absolute atomic E-state index is 0.0410. The fourth-order valence-electron chi connectivity index (χ4n) is 5.25. The second-order valence-corrected chi connectivity index (χ2v) is 9.54. The summed E-state index contributed by atoms with van der Waals surface area (Å²) in [6.45, 7) is 1.22. The fraction of sp³-hybridized carbons (Fsp3) is 0.481. The van der Waals surface area contributed by atoms with Gasteiger partial charge < -0.3 is 20.1 Å². The molecule has 6 nitrogen and oxygen atoms in total. The van der Waals surface area contributed by atoms with E-state index in [1.165, 1.54) is 13.2 Å². The van der Waals surface area contributed by atoms with E-state index >= 15 is 0 Å². The second-order valence-electron chi connectivity index (χ2n) is 9.54. The molecule has 2 aromatic rings. The first-order chi connectivity index (χ1) is 16.4. The number of ether oxygens (including phenoxy) is 1. The van der Waals surface area contributed by atoms with Crippen LogP contribution in [0.3, 0.4) is 0 Å². The Balaban J connectivity index is 1.35.